The minimum Gasteiger partial charge on any atom is -0.322 e. The molecule has 0 aliphatic rings. The van der Waals surface area contributed by atoms with Crippen LogP contribution in [0.4, 0.5) is 58.4 Å². The minimum atomic E-state index is -5.35. The van der Waals surface area contributed by atoms with Crippen molar-refractivity contribution in [1.82, 2.24) is 9.78 Å². The van der Waals surface area contributed by atoms with Gasteiger partial charge in [-0.15, -0.1) is 0 Å². The van der Waals surface area contributed by atoms with E-state index < -0.39 is 64.4 Å². The lowest BCUT2D eigenvalue weighted by Gasteiger charge is -2.16. The zero-order chi connectivity index (χ0) is 27.3. The Kier molecular flexibility index (Phi) is 6.53. The lowest BCUT2D eigenvalue weighted by atomic mass is 10.0. The van der Waals surface area contributed by atoms with E-state index in [0.29, 0.717) is 6.07 Å². The third-order valence-corrected chi connectivity index (χ3v) is 4.56. The highest BCUT2D eigenvalue weighted by atomic mass is 19.4. The molecule has 2 aromatic carbocycles. The van der Waals surface area contributed by atoms with E-state index in [1.807, 2.05) is 5.32 Å². The highest BCUT2D eigenvalue weighted by Crippen LogP contribution is 2.38. The topological polar surface area (TPSA) is 46.9 Å². The Bertz CT molecular complexity index is 1270. The minimum absolute atomic E-state index is 0.0634. The van der Waals surface area contributed by atoms with Gasteiger partial charge in [0, 0.05) is 11.8 Å². The molecule has 3 aromatic rings. The molecule has 0 saturated carbocycles. The monoisotopic (exact) mass is 535 g/mol. The summed E-state index contributed by atoms with van der Waals surface area (Å²) in [6.45, 7) is 0. The van der Waals surface area contributed by atoms with Crippen LogP contribution >= 0.6 is 0 Å². The molecule has 4 nitrogen and oxygen atoms in total. The number of rotatable bonds is 3. The Morgan fingerprint density at radius 2 is 1.28 bits per heavy atom. The van der Waals surface area contributed by atoms with E-state index in [0.717, 1.165) is 24.3 Å². The van der Waals surface area contributed by atoms with Crippen LogP contribution in [0.1, 0.15) is 32.9 Å². The molecule has 0 spiro atoms. The number of aromatic nitrogens is 2. The lowest BCUT2D eigenvalue weighted by molar-refractivity contribution is -0.145. The fourth-order valence-corrected chi connectivity index (χ4v) is 2.96. The van der Waals surface area contributed by atoms with Crippen molar-refractivity contribution in [2.45, 2.75) is 24.7 Å². The van der Waals surface area contributed by atoms with E-state index in [1.54, 1.807) is 0 Å². The van der Waals surface area contributed by atoms with E-state index in [4.69, 9.17) is 0 Å². The van der Waals surface area contributed by atoms with E-state index >= 15 is 0 Å². The molecule has 0 fully saturated rings. The Morgan fingerprint density at radius 1 is 0.694 bits per heavy atom. The van der Waals surface area contributed by atoms with Crippen LogP contribution < -0.4 is 5.32 Å². The van der Waals surface area contributed by atoms with E-state index in [9.17, 15) is 57.5 Å². The Balaban J connectivity index is 1.93. The van der Waals surface area contributed by atoms with Crippen LogP contribution in [0.5, 0.6) is 0 Å². The molecule has 1 heterocycles. The van der Waals surface area contributed by atoms with Crippen molar-refractivity contribution in [3.05, 3.63) is 76.6 Å². The normalized spacial score (nSPS) is 13.1. The van der Waals surface area contributed by atoms with Crippen molar-refractivity contribution in [2.24, 2.45) is 0 Å². The Hall–Kier alpha value is -3.72. The summed E-state index contributed by atoms with van der Waals surface area (Å²) < 4.78 is 156. The van der Waals surface area contributed by atoms with Gasteiger partial charge in [-0.05, 0) is 42.5 Å². The number of amides is 1. The summed E-state index contributed by atoms with van der Waals surface area (Å²) in [6, 6.07) is 3.34. The number of carbonyl (C=O) groups excluding carboxylic acids is 1. The fraction of sp³-hybridized carbons (Fsp3) is 0.200. The van der Waals surface area contributed by atoms with Gasteiger partial charge < -0.3 is 5.32 Å². The molecule has 1 aromatic heterocycles. The number of nitrogens with one attached hydrogen (secondary N) is 1. The summed E-state index contributed by atoms with van der Waals surface area (Å²) >= 11 is 0. The lowest BCUT2D eigenvalue weighted by Crippen LogP contribution is -2.20. The molecule has 1 amide bonds. The van der Waals surface area contributed by atoms with Crippen molar-refractivity contribution in [2.75, 3.05) is 5.32 Å². The summed E-state index contributed by atoms with van der Waals surface area (Å²) in [7, 11) is 0. The number of benzene rings is 2. The average Bonchev–Trinajstić information content (AvgIpc) is 3.19. The fourth-order valence-electron chi connectivity index (χ4n) is 2.96. The van der Waals surface area contributed by atoms with Crippen molar-refractivity contribution < 1.29 is 57.5 Å². The van der Waals surface area contributed by atoms with Crippen molar-refractivity contribution in [3.63, 3.8) is 0 Å². The number of nitrogens with zero attached hydrogens (tertiary/aromatic N) is 2. The first kappa shape index (κ1) is 26.9. The molecule has 0 unspecified atom stereocenters. The first-order chi connectivity index (χ1) is 16.3. The van der Waals surface area contributed by atoms with Crippen LogP contribution in [0.2, 0.25) is 0 Å². The molecule has 16 heteroatoms. The summed E-state index contributed by atoms with van der Waals surface area (Å²) in [5, 5.41) is 4.82. The number of carbonyl (C=O) groups is 1. The van der Waals surface area contributed by atoms with Crippen LogP contribution in [-0.4, -0.2) is 15.7 Å². The summed E-state index contributed by atoms with van der Waals surface area (Å²) in [5.41, 5.74) is -9.21. The molecule has 0 aliphatic carbocycles. The van der Waals surface area contributed by atoms with Gasteiger partial charge in [0.05, 0.1) is 22.4 Å². The van der Waals surface area contributed by atoms with Gasteiger partial charge in [0.25, 0.3) is 5.91 Å². The second-order valence-corrected chi connectivity index (χ2v) is 7.08. The molecule has 1 N–H and O–H groups in total. The molecule has 36 heavy (non-hydrogen) atoms. The van der Waals surface area contributed by atoms with E-state index in [-0.39, 0.29) is 28.6 Å². The maximum absolute atomic E-state index is 13.2. The zero-order valence-corrected chi connectivity index (χ0v) is 17.0. The van der Waals surface area contributed by atoms with E-state index in [2.05, 4.69) is 5.10 Å². The SMILES string of the molecule is O=C(Nc1ccc(-n2nc(C(F)(F)F)cc2C(F)(F)F)cc1)c1ccc(C(F)(F)F)cc1C(F)(F)F. The Labute approximate surface area is 192 Å². The van der Waals surface area contributed by atoms with Crippen LogP contribution in [0, 0.1) is 0 Å². The first-order valence-electron chi connectivity index (χ1n) is 9.23. The number of halogens is 12. The van der Waals surface area contributed by atoms with Gasteiger partial charge in [-0.3, -0.25) is 4.79 Å². The first-order valence-corrected chi connectivity index (χ1v) is 9.23. The van der Waals surface area contributed by atoms with Crippen molar-refractivity contribution in [1.29, 1.82) is 0 Å². The molecule has 0 atom stereocenters. The average molecular weight is 535 g/mol. The molecule has 3 rings (SSSR count). The van der Waals surface area contributed by atoms with Gasteiger partial charge in [0.2, 0.25) is 0 Å². The largest absolute Gasteiger partial charge is 0.435 e. The molecule has 0 aliphatic heterocycles. The maximum Gasteiger partial charge on any atom is 0.435 e. The maximum atomic E-state index is 13.2. The molecular formula is C20H9F12N3O. The number of hydrogen-bond acceptors (Lipinski definition) is 2. The third-order valence-electron chi connectivity index (χ3n) is 4.56. The smallest absolute Gasteiger partial charge is 0.322 e. The van der Waals surface area contributed by atoms with Crippen LogP contribution in [0.15, 0.2) is 48.5 Å². The zero-order valence-electron chi connectivity index (χ0n) is 17.0. The van der Waals surface area contributed by atoms with E-state index in [1.165, 1.54) is 0 Å². The molecule has 194 valence electrons. The van der Waals surface area contributed by atoms with Gasteiger partial charge in [-0.2, -0.15) is 57.8 Å². The highest BCUT2D eigenvalue weighted by Gasteiger charge is 2.42. The highest BCUT2D eigenvalue weighted by molar-refractivity contribution is 6.05. The second kappa shape index (κ2) is 8.74. The molecular weight excluding hydrogens is 526 g/mol. The predicted molar refractivity (Wildman–Crippen MR) is 98.0 cm³/mol. The van der Waals surface area contributed by atoms with Gasteiger partial charge in [0.1, 0.15) is 5.69 Å². The van der Waals surface area contributed by atoms with Crippen molar-refractivity contribution >= 4 is 11.6 Å². The van der Waals surface area contributed by atoms with Crippen LogP contribution in [0.3, 0.4) is 0 Å². The van der Waals surface area contributed by atoms with Gasteiger partial charge >= 0.3 is 24.7 Å². The predicted octanol–water partition coefficient (Wildman–Crippen LogP) is 7.20. The summed E-state index contributed by atoms with van der Waals surface area (Å²) in [4.78, 5) is 12.3. The molecule has 0 saturated heterocycles. The second-order valence-electron chi connectivity index (χ2n) is 7.08. The third kappa shape index (κ3) is 5.73. The van der Waals surface area contributed by atoms with Gasteiger partial charge in [-0.1, -0.05) is 0 Å². The van der Waals surface area contributed by atoms with Crippen LogP contribution in [-0.2, 0) is 24.7 Å². The molecule has 0 bridgehead atoms. The van der Waals surface area contributed by atoms with Crippen molar-refractivity contribution in [3.8, 4) is 5.69 Å². The van der Waals surface area contributed by atoms with Gasteiger partial charge in [0.15, 0.2) is 5.69 Å². The summed E-state index contributed by atoms with van der Waals surface area (Å²) in [6.07, 6.45) is -20.9. The number of alkyl halides is 12. The standard InChI is InChI=1S/C20H9F12N3O/c21-17(22,23)9-1-6-12(13(7-9)18(24,25)26)16(36)33-10-2-4-11(5-3-10)35-15(20(30,31)32)8-14(34-35)19(27,28)29/h1-8H,(H,33,36). The quantitative estimate of drug-likeness (QED) is 0.361. The number of hydrogen-bond donors (Lipinski definition) is 1. The summed E-state index contributed by atoms with van der Waals surface area (Å²) in [5.74, 6) is -1.50. The number of anilines is 1. The van der Waals surface area contributed by atoms with Gasteiger partial charge in [-0.25, -0.2) is 4.68 Å². The van der Waals surface area contributed by atoms with Crippen LogP contribution in [0.25, 0.3) is 5.69 Å². The molecule has 0 radical (unpaired) electrons. The Morgan fingerprint density at radius 3 is 1.75 bits per heavy atom.